The zero-order chi connectivity index (χ0) is 15.2. The molecule has 2 aromatic rings. The number of carbonyl (C=O) groups excluding carboxylic acids is 1. The summed E-state index contributed by atoms with van der Waals surface area (Å²) in [6.45, 7) is 1.96. The van der Waals surface area contributed by atoms with E-state index in [1.807, 2.05) is 54.6 Å². The van der Waals surface area contributed by atoms with Crippen LogP contribution in [0.2, 0.25) is 0 Å². The number of hydrogen-bond donors (Lipinski definition) is 2. The van der Waals surface area contributed by atoms with E-state index in [-0.39, 0.29) is 18.3 Å². The Morgan fingerprint density at radius 1 is 1.09 bits per heavy atom. The van der Waals surface area contributed by atoms with Gasteiger partial charge in [0.25, 0.3) is 0 Å². The molecule has 1 saturated heterocycles. The second-order valence-corrected chi connectivity index (χ2v) is 5.55. The monoisotopic (exact) mass is 332 g/mol. The summed E-state index contributed by atoms with van der Waals surface area (Å²) in [6.07, 6.45) is 1.66. The van der Waals surface area contributed by atoms with Crippen molar-refractivity contribution in [2.45, 2.75) is 12.8 Å². The molecule has 1 fully saturated rings. The molecule has 0 aromatic heterocycles. The molecule has 2 N–H and O–H groups in total. The number of benzene rings is 2. The summed E-state index contributed by atoms with van der Waals surface area (Å²) >= 11 is 0. The van der Waals surface area contributed by atoms with Crippen molar-refractivity contribution in [2.75, 3.05) is 18.4 Å². The average molecular weight is 333 g/mol. The first-order valence-electron chi connectivity index (χ1n) is 7.63. The highest BCUT2D eigenvalue weighted by Gasteiger charge is 2.17. The normalized spacial score (nSPS) is 16.4. The second kappa shape index (κ2) is 8.56. The summed E-state index contributed by atoms with van der Waals surface area (Å²) in [5, 5.41) is 6.21. The average Bonchev–Trinajstić information content (AvgIpc) is 3.03. The quantitative estimate of drug-likeness (QED) is 0.874. The van der Waals surface area contributed by atoms with Gasteiger partial charge in [-0.25, -0.2) is 0 Å². The molecule has 0 saturated carbocycles. The van der Waals surface area contributed by atoms with Gasteiger partial charge in [0.1, 0.15) is 11.5 Å². The Hall–Kier alpha value is -2.04. The molecular formula is C18H21ClN2O2. The molecule has 1 unspecified atom stereocenters. The summed E-state index contributed by atoms with van der Waals surface area (Å²) in [4.78, 5) is 12.0. The van der Waals surface area contributed by atoms with Gasteiger partial charge < -0.3 is 15.4 Å². The van der Waals surface area contributed by atoms with Crippen LogP contribution < -0.4 is 15.4 Å². The van der Waals surface area contributed by atoms with Crippen molar-refractivity contribution in [3.05, 3.63) is 54.6 Å². The predicted molar refractivity (Wildman–Crippen MR) is 94.4 cm³/mol. The standard InChI is InChI=1S/C18H20N2O2.ClH/c21-18(12-14-10-11-19-13-14)20-15-6-8-17(9-7-15)22-16-4-2-1-3-5-16;/h1-9,14,19H,10-13H2,(H,20,21);1H. The van der Waals surface area contributed by atoms with Crippen molar-refractivity contribution in [1.82, 2.24) is 5.32 Å². The lowest BCUT2D eigenvalue weighted by atomic mass is 10.0. The smallest absolute Gasteiger partial charge is 0.224 e. The molecule has 1 aliphatic rings. The molecule has 2 aromatic carbocycles. The molecule has 0 aliphatic carbocycles. The number of carbonyl (C=O) groups is 1. The molecule has 5 heteroatoms. The molecule has 1 heterocycles. The van der Waals surface area contributed by atoms with E-state index in [2.05, 4.69) is 10.6 Å². The van der Waals surface area contributed by atoms with Gasteiger partial charge in [0.05, 0.1) is 0 Å². The minimum absolute atomic E-state index is 0. The van der Waals surface area contributed by atoms with Crippen LogP contribution in [0.4, 0.5) is 5.69 Å². The van der Waals surface area contributed by atoms with Crippen LogP contribution in [0.5, 0.6) is 11.5 Å². The number of ether oxygens (including phenoxy) is 1. The SMILES string of the molecule is Cl.O=C(CC1CCNC1)Nc1ccc(Oc2ccccc2)cc1. The number of halogens is 1. The summed E-state index contributed by atoms with van der Waals surface area (Å²) in [5.74, 6) is 2.09. The van der Waals surface area contributed by atoms with Crippen LogP contribution >= 0.6 is 12.4 Å². The molecule has 122 valence electrons. The van der Waals surface area contributed by atoms with Crippen LogP contribution in [0.3, 0.4) is 0 Å². The summed E-state index contributed by atoms with van der Waals surface area (Å²) in [6, 6.07) is 17.1. The third-order valence-electron chi connectivity index (χ3n) is 3.75. The Morgan fingerprint density at radius 3 is 2.43 bits per heavy atom. The van der Waals surface area contributed by atoms with Gasteiger partial charge >= 0.3 is 0 Å². The second-order valence-electron chi connectivity index (χ2n) is 5.55. The van der Waals surface area contributed by atoms with Crippen LogP contribution in [-0.2, 0) is 4.79 Å². The molecule has 4 nitrogen and oxygen atoms in total. The number of anilines is 1. The summed E-state index contributed by atoms with van der Waals surface area (Å²) < 4.78 is 5.72. The molecule has 1 atom stereocenters. The molecule has 0 bridgehead atoms. The fraction of sp³-hybridized carbons (Fsp3) is 0.278. The molecule has 1 amide bonds. The lowest BCUT2D eigenvalue weighted by Gasteiger charge is -2.10. The van der Waals surface area contributed by atoms with E-state index in [0.29, 0.717) is 12.3 Å². The van der Waals surface area contributed by atoms with Gasteiger partial charge in [-0.05, 0) is 61.8 Å². The van der Waals surface area contributed by atoms with Crippen LogP contribution in [-0.4, -0.2) is 19.0 Å². The van der Waals surface area contributed by atoms with E-state index in [1.165, 1.54) is 0 Å². The van der Waals surface area contributed by atoms with E-state index < -0.39 is 0 Å². The van der Waals surface area contributed by atoms with E-state index in [9.17, 15) is 4.79 Å². The van der Waals surface area contributed by atoms with Crippen molar-refractivity contribution in [2.24, 2.45) is 5.92 Å². The van der Waals surface area contributed by atoms with Crippen molar-refractivity contribution < 1.29 is 9.53 Å². The lowest BCUT2D eigenvalue weighted by Crippen LogP contribution is -2.18. The Kier molecular flexibility index (Phi) is 6.44. The Balaban J connectivity index is 0.00000192. The first kappa shape index (κ1) is 17.3. The lowest BCUT2D eigenvalue weighted by molar-refractivity contribution is -0.116. The zero-order valence-electron chi connectivity index (χ0n) is 12.8. The van der Waals surface area contributed by atoms with E-state index in [1.54, 1.807) is 0 Å². The Morgan fingerprint density at radius 2 is 1.78 bits per heavy atom. The highest BCUT2D eigenvalue weighted by molar-refractivity contribution is 5.90. The van der Waals surface area contributed by atoms with Crippen LogP contribution in [0.15, 0.2) is 54.6 Å². The van der Waals surface area contributed by atoms with Crippen molar-refractivity contribution in [3.8, 4) is 11.5 Å². The highest BCUT2D eigenvalue weighted by Crippen LogP contribution is 2.23. The van der Waals surface area contributed by atoms with Gasteiger partial charge in [0, 0.05) is 12.1 Å². The fourth-order valence-corrected chi connectivity index (χ4v) is 2.59. The van der Waals surface area contributed by atoms with Crippen LogP contribution in [0.1, 0.15) is 12.8 Å². The molecular weight excluding hydrogens is 312 g/mol. The van der Waals surface area contributed by atoms with Gasteiger partial charge in [-0.1, -0.05) is 18.2 Å². The minimum atomic E-state index is 0. The van der Waals surface area contributed by atoms with Crippen LogP contribution in [0, 0.1) is 5.92 Å². The molecule has 0 radical (unpaired) electrons. The first-order chi connectivity index (χ1) is 10.8. The van der Waals surface area contributed by atoms with Crippen LogP contribution in [0.25, 0.3) is 0 Å². The van der Waals surface area contributed by atoms with Crippen molar-refractivity contribution in [1.29, 1.82) is 0 Å². The van der Waals surface area contributed by atoms with Crippen molar-refractivity contribution in [3.63, 3.8) is 0 Å². The zero-order valence-corrected chi connectivity index (χ0v) is 13.6. The van der Waals surface area contributed by atoms with Gasteiger partial charge in [0.15, 0.2) is 0 Å². The highest BCUT2D eigenvalue weighted by atomic mass is 35.5. The summed E-state index contributed by atoms with van der Waals surface area (Å²) in [5.41, 5.74) is 0.802. The summed E-state index contributed by atoms with van der Waals surface area (Å²) in [7, 11) is 0. The van der Waals surface area contributed by atoms with E-state index in [0.717, 1.165) is 36.7 Å². The maximum Gasteiger partial charge on any atom is 0.224 e. The van der Waals surface area contributed by atoms with E-state index >= 15 is 0 Å². The Bertz CT molecular complexity index is 611. The number of nitrogens with one attached hydrogen (secondary N) is 2. The van der Waals surface area contributed by atoms with Crippen molar-refractivity contribution >= 4 is 24.0 Å². The predicted octanol–water partition coefficient (Wildman–Crippen LogP) is 3.84. The first-order valence-corrected chi connectivity index (χ1v) is 7.63. The number of rotatable bonds is 5. The molecule has 1 aliphatic heterocycles. The fourth-order valence-electron chi connectivity index (χ4n) is 2.59. The topological polar surface area (TPSA) is 50.4 Å². The largest absolute Gasteiger partial charge is 0.457 e. The molecule has 3 rings (SSSR count). The third kappa shape index (κ3) is 5.27. The maximum atomic E-state index is 12.0. The maximum absolute atomic E-state index is 12.0. The molecule has 0 spiro atoms. The van der Waals surface area contributed by atoms with Gasteiger partial charge in [-0.15, -0.1) is 12.4 Å². The van der Waals surface area contributed by atoms with Gasteiger partial charge in [0.2, 0.25) is 5.91 Å². The Labute approximate surface area is 142 Å². The minimum Gasteiger partial charge on any atom is -0.457 e. The van der Waals surface area contributed by atoms with Gasteiger partial charge in [-0.3, -0.25) is 4.79 Å². The molecule has 23 heavy (non-hydrogen) atoms. The van der Waals surface area contributed by atoms with Gasteiger partial charge in [-0.2, -0.15) is 0 Å². The van der Waals surface area contributed by atoms with E-state index in [4.69, 9.17) is 4.74 Å². The third-order valence-corrected chi connectivity index (χ3v) is 3.75. The number of hydrogen-bond acceptors (Lipinski definition) is 3. The number of amides is 1. The number of para-hydroxylation sites is 1.